The molecule has 16 heavy (non-hydrogen) atoms. The number of hydrogen-bond donors (Lipinski definition) is 1. The Morgan fingerprint density at radius 3 is 2.25 bits per heavy atom. The van der Waals surface area contributed by atoms with Crippen molar-refractivity contribution >= 4 is 0 Å². The van der Waals surface area contributed by atoms with Crippen LogP contribution < -0.4 is 5.32 Å². The fourth-order valence-electron chi connectivity index (χ4n) is 2.59. The molecule has 0 aromatic heterocycles. The maximum Gasteiger partial charge on any atom is 0.0304 e. The van der Waals surface area contributed by atoms with E-state index in [1.54, 1.807) is 0 Å². The van der Waals surface area contributed by atoms with Gasteiger partial charge in [-0.3, -0.25) is 4.90 Å². The quantitative estimate of drug-likeness (QED) is 0.796. The van der Waals surface area contributed by atoms with E-state index in [1.165, 1.54) is 25.9 Å². The molecular weight excluding hydrogens is 196 g/mol. The van der Waals surface area contributed by atoms with Crippen LogP contribution >= 0.6 is 0 Å². The van der Waals surface area contributed by atoms with Crippen molar-refractivity contribution in [3.8, 4) is 0 Å². The van der Waals surface area contributed by atoms with E-state index in [2.05, 4.69) is 51.8 Å². The van der Waals surface area contributed by atoms with Crippen molar-refractivity contribution in [2.24, 2.45) is 5.41 Å². The average molecular weight is 226 g/mol. The van der Waals surface area contributed by atoms with Gasteiger partial charge in [-0.25, -0.2) is 0 Å². The highest BCUT2D eigenvalue weighted by atomic mass is 15.2. The Morgan fingerprint density at radius 2 is 1.81 bits per heavy atom. The van der Waals surface area contributed by atoms with E-state index in [9.17, 15) is 0 Å². The molecule has 0 aromatic carbocycles. The van der Waals surface area contributed by atoms with Gasteiger partial charge >= 0.3 is 0 Å². The van der Waals surface area contributed by atoms with Crippen LogP contribution in [0.15, 0.2) is 0 Å². The number of nitrogens with zero attached hydrogens (tertiary/aromatic N) is 1. The van der Waals surface area contributed by atoms with Gasteiger partial charge in [0, 0.05) is 31.2 Å². The number of nitrogens with one attached hydrogen (secondary N) is 1. The summed E-state index contributed by atoms with van der Waals surface area (Å²) in [6.07, 6.45) is 2.47. The molecule has 0 radical (unpaired) electrons. The zero-order valence-electron chi connectivity index (χ0n) is 12.1. The lowest BCUT2D eigenvalue weighted by atomic mass is 9.83. The molecule has 0 saturated carbocycles. The molecule has 1 saturated heterocycles. The van der Waals surface area contributed by atoms with Crippen LogP contribution in [0.1, 0.15) is 54.4 Å². The van der Waals surface area contributed by atoms with Gasteiger partial charge in [0.2, 0.25) is 0 Å². The number of piperazine rings is 1. The lowest BCUT2D eigenvalue weighted by Gasteiger charge is -2.48. The van der Waals surface area contributed by atoms with E-state index in [4.69, 9.17) is 0 Å². The summed E-state index contributed by atoms with van der Waals surface area (Å²) >= 11 is 0. The van der Waals surface area contributed by atoms with Crippen molar-refractivity contribution in [3.63, 3.8) is 0 Å². The zero-order valence-corrected chi connectivity index (χ0v) is 12.1. The molecular formula is C14H30N2. The minimum Gasteiger partial charge on any atom is -0.309 e. The smallest absolute Gasteiger partial charge is 0.0304 e. The lowest BCUT2D eigenvalue weighted by molar-refractivity contribution is 0.0454. The fraction of sp³-hybridized carbons (Fsp3) is 1.00. The summed E-state index contributed by atoms with van der Waals surface area (Å²) in [6.45, 7) is 17.6. The highest BCUT2D eigenvalue weighted by molar-refractivity contribution is 4.95. The molecule has 1 aliphatic heterocycles. The second-order valence-corrected chi connectivity index (χ2v) is 6.43. The SMILES string of the molecule is CCC1(CC)CN(C(C)C(C)(C)C)CCN1. The summed E-state index contributed by atoms with van der Waals surface area (Å²) in [7, 11) is 0. The van der Waals surface area contributed by atoms with Crippen LogP contribution in [0.3, 0.4) is 0 Å². The van der Waals surface area contributed by atoms with Crippen LogP contribution in [0.2, 0.25) is 0 Å². The second-order valence-electron chi connectivity index (χ2n) is 6.43. The second kappa shape index (κ2) is 5.05. The highest BCUT2D eigenvalue weighted by Crippen LogP contribution is 2.28. The van der Waals surface area contributed by atoms with Gasteiger partial charge in [0.05, 0.1) is 0 Å². The van der Waals surface area contributed by atoms with E-state index in [-0.39, 0.29) is 0 Å². The van der Waals surface area contributed by atoms with Crippen LogP contribution in [0.25, 0.3) is 0 Å². The van der Waals surface area contributed by atoms with Crippen molar-refractivity contribution < 1.29 is 0 Å². The summed E-state index contributed by atoms with van der Waals surface area (Å²) < 4.78 is 0. The summed E-state index contributed by atoms with van der Waals surface area (Å²) in [4.78, 5) is 2.67. The number of hydrogen-bond acceptors (Lipinski definition) is 2. The molecule has 1 aliphatic rings. The van der Waals surface area contributed by atoms with Crippen molar-refractivity contribution in [3.05, 3.63) is 0 Å². The predicted octanol–water partition coefficient (Wildman–Crippen LogP) is 2.89. The van der Waals surface area contributed by atoms with Crippen LogP contribution in [0.5, 0.6) is 0 Å². The van der Waals surface area contributed by atoms with Crippen molar-refractivity contribution in [2.75, 3.05) is 19.6 Å². The molecule has 0 amide bonds. The molecule has 0 bridgehead atoms. The third-order valence-corrected chi connectivity index (χ3v) is 4.56. The molecule has 1 unspecified atom stereocenters. The van der Waals surface area contributed by atoms with Crippen molar-refractivity contribution in [2.45, 2.75) is 66.0 Å². The summed E-state index contributed by atoms with van der Waals surface area (Å²) in [5.41, 5.74) is 0.738. The molecule has 0 aromatic rings. The van der Waals surface area contributed by atoms with Crippen LogP contribution in [-0.4, -0.2) is 36.1 Å². The van der Waals surface area contributed by atoms with Crippen molar-refractivity contribution in [1.82, 2.24) is 10.2 Å². The summed E-state index contributed by atoms with van der Waals surface area (Å²) in [5, 5.41) is 3.73. The van der Waals surface area contributed by atoms with Gasteiger partial charge in [0.1, 0.15) is 0 Å². The first-order valence-electron chi connectivity index (χ1n) is 6.84. The first-order valence-corrected chi connectivity index (χ1v) is 6.84. The van der Waals surface area contributed by atoms with E-state index in [0.717, 1.165) is 6.54 Å². The average Bonchev–Trinajstić information content (AvgIpc) is 2.27. The van der Waals surface area contributed by atoms with Crippen LogP contribution in [0, 0.1) is 5.41 Å². The lowest BCUT2D eigenvalue weighted by Crippen LogP contribution is -2.62. The standard InChI is InChI=1S/C14H30N2/c1-7-14(8-2)11-16(10-9-15-14)12(3)13(4,5)6/h12,15H,7-11H2,1-6H3. The third-order valence-electron chi connectivity index (χ3n) is 4.56. The maximum absolute atomic E-state index is 3.73. The molecule has 0 aliphatic carbocycles. The Bertz CT molecular complexity index is 213. The van der Waals surface area contributed by atoms with Crippen LogP contribution in [0.4, 0.5) is 0 Å². The number of rotatable bonds is 3. The predicted molar refractivity (Wildman–Crippen MR) is 71.8 cm³/mol. The Kier molecular flexibility index (Phi) is 4.42. The first kappa shape index (κ1) is 14.0. The molecule has 1 atom stereocenters. The van der Waals surface area contributed by atoms with Gasteiger partial charge in [-0.15, -0.1) is 0 Å². The Morgan fingerprint density at radius 1 is 1.25 bits per heavy atom. The molecule has 1 rings (SSSR count). The van der Waals surface area contributed by atoms with Gasteiger partial charge in [-0.05, 0) is 25.2 Å². The van der Waals surface area contributed by atoms with Gasteiger partial charge in [0.15, 0.2) is 0 Å². The van der Waals surface area contributed by atoms with Gasteiger partial charge in [-0.1, -0.05) is 34.6 Å². The Balaban J connectivity index is 2.70. The third kappa shape index (κ3) is 2.98. The van der Waals surface area contributed by atoms with Gasteiger partial charge in [0.25, 0.3) is 0 Å². The summed E-state index contributed by atoms with van der Waals surface area (Å²) in [5.74, 6) is 0. The summed E-state index contributed by atoms with van der Waals surface area (Å²) in [6, 6.07) is 0.659. The molecule has 1 fully saturated rings. The normalized spacial score (nSPS) is 24.4. The Labute approximate surface area is 102 Å². The fourth-order valence-corrected chi connectivity index (χ4v) is 2.59. The van der Waals surface area contributed by atoms with Crippen molar-refractivity contribution in [1.29, 1.82) is 0 Å². The van der Waals surface area contributed by atoms with Gasteiger partial charge < -0.3 is 5.32 Å². The maximum atomic E-state index is 3.73. The molecule has 2 nitrogen and oxygen atoms in total. The van der Waals surface area contributed by atoms with E-state index < -0.39 is 0 Å². The largest absolute Gasteiger partial charge is 0.309 e. The molecule has 2 heteroatoms. The Hall–Kier alpha value is -0.0800. The minimum atomic E-state index is 0.359. The van der Waals surface area contributed by atoms with Crippen LogP contribution in [-0.2, 0) is 0 Å². The minimum absolute atomic E-state index is 0.359. The molecule has 96 valence electrons. The molecule has 1 N–H and O–H groups in total. The van der Waals surface area contributed by atoms with E-state index in [1.807, 2.05) is 0 Å². The molecule has 0 spiro atoms. The first-order chi connectivity index (χ1) is 7.34. The van der Waals surface area contributed by atoms with E-state index >= 15 is 0 Å². The molecule has 1 heterocycles. The van der Waals surface area contributed by atoms with Gasteiger partial charge in [-0.2, -0.15) is 0 Å². The zero-order chi connectivity index (χ0) is 12.4. The van der Waals surface area contributed by atoms with E-state index in [0.29, 0.717) is 17.0 Å². The highest BCUT2D eigenvalue weighted by Gasteiger charge is 2.36. The monoisotopic (exact) mass is 226 g/mol. The topological polar surface area (TPSA) is 15.3 Å².